The van der Waals surface area contributed by atoms with Crippen LogP contribution in [0.25, 0.3) is 0 Å². The Bertz CT molecular complexity index is 252. The molecule has 0 nitrogen and oxygen atoms in total. The molecule has 0 radical (unpaired) electrons. The van der Waals surface area contributed by atoms with Crippen LogP contribution in [0.1, 0.15) is 30.7 Å². The quantitative estimate of drug-likeness (QED) is 0.704. The Kier molecular flexibility index (Phi) is 4.47. The van der Waals surface area contributed by atoms with Crippen molar-refractivity contribution in [2.45, 2.75) is 38.4 Å². The van der Waals surface area contributed by atoms with E-state index in [1.54, 1.807) is 0 Å². The molecule has 1 aromatic rings. The second kappa shape index (κ2) is 5.16. The van der Waals surface area contributed by atoms with E-state index in [1.807, 2.05) is 11.3 Å². The van der Waals surface area contributed by atoms with E-state index in [9.17, 15) is 0 Å². The molecule has 2 heteroatoms. The van der Waals surface area contributed by atoms with Crippen molar-refractivity contribution in [2.24, 2.45) is 5.92 Å². The van der Waals surface area contributed by atoms with Gasteiger partial charge >= 0.3 is 0 Å². The molecule has 0 saturated heterocycles. The zero-order valence-corrected chi connectivity index (χ0v) is 10.9. The van der Waals surface area contributed by atoms with Crippen molar-refractivity contribution in [2.75, 3.05) is 0 Å². The first-order chi connectivity index (χ1) is 6.09. The summed E-state index contributed by atoms with van der Waals surface area (Å²) in [5.74, 6) is 0.736. The van der Waals surface area contributed by atoms with E-state index in [2.05, 4.69) is 48.1 Å². The molecule has 0 spiro atoms. The molecule has 74 valence electrons. The van der Waals surface area contributed by atoms with E-state index in [1.165, 1.54) is 23.3 Å². The molecule has 1 aromatic heterocycles. The lowest BCUT2D eigenvalue weighted by Crippen LogP contribution is -2.07. The van der Waals surface area contributed by atoms with E-state index in [4.69, 9.17) is 0 Å². The highest BCUT2D eigenvalue weighted by Crippen LogP contribution is 2.21. The van der Waals surface area contributed by atoms with Gasteiger partial charge in [0, 0.05) is 9.70 Å². The van der Waals surface area contributed by atoms with Crippen LogP contribution in [-0.4, -0.2) is 4.83 Å². The van der Waals surface area contributed by atoms with Gasteiger partial charge in [0.25, 0.3) is 0 Å². The van der Waals surface area contributed by atoms with Crippen molar-refractivity contribution >= 4 is 27.3 Å². The summed E-state index contributed by atoms with van der Waals surface area (Å²) in [4.78, 5) is 2.08. The van der Waals surface area contributed by atoms with Gasteiger partial charge in [-0.15, -0.1) is 11.3 Å². The summed E-state index contributed by atoms with van der Waals surface area (Å²) in [5, 5.41) is 2.27. The van der Waals surface area contributed by atoms with Gasteiger partial charge in [0.1, 0.15) is 0 Å². The summed E-state index contributed by atoms with van der Waals surface area (Å²) in [6.45, 7) is 6.69. The molecule has 0 aromatic carbocycles. The highest BCUT2D eigenvalue weighted by Gasteiger charge is 2.08. The van der Waals surface area contributed by atoms with Crippen LogP contribution in [0.2, 0.25) is 0 Å². The van der Waals surface area contributed by atoms with Crippen LogP contribution in [-0.2, 0) is 6.42 Å². The van der Waals surface area contributed by atoms with Gasteiger partial charge in [0.15, 0.2) is 0 Å². The summed E-state index contributed by atoms with van der Waals surface area (Å²) in [6, 6.07) is 2.30. The fourth-order valence-corrected chi connectivity index (χ4v) is 2.24. The molecule has 0 bridgehead atoms. The first-order valence-electron chi connectivity index (χ1n) is 4.77. The van der Waals surface area contributed by atoms with E-state index >= 15 is 0 Å². The molecule has 1 heterocycles. The van der Waals surface area contributed by atoms with Gasteiger partial charge in [-0.1, -0.05) is 29.8 Å². The molecule has 1 atom stereocenters. The van der Waals surface area contributed by atoms with Gasteiger partial charge in [-0.05, 0) is 42.7 Å². The first-order valence-corrected chi connectivity index (χ1v) is 6.57. The Hall–Kier alpha value is 0.180. The second-order valence-electron chi connectivity index (χ2n) is 3.86. The van der Waals surface area contributed by atoms with Crippen LogP contribution < -0.4 is 0 Å². The molecule has 0 aliphatic rings. The number of alkyl halides is 1. The van der Waals surface area contributed by atoms with Gasteiger partial charge < -0.3 is 0 Å². The fraction of sp³-hybridized carbons (Fsp3) is 0.636. The number of rotatable bonds is 4. The number of hydrogen-bond acceptors (Lipinski definition) is 1. The van der Waals surface area contributed by atoms with Gasteiger partial charge in [-0.25, -0.2) is 0 Å². The fourth-order valence-electron chi connectivity index (χ4n) is 1.27. The molecule has 1 unspecified atom stereocenters. The van der Waals surface area contributed by atoms with Crippen molar-refractivity contribution in [3.05, 3.63) is 21.9 Å². The van der Waals surface area contributed by atoms with Gasteiger partial charge in [0.05, 0.1) is 0 Å². The Labute approximate surface area is 93.5 Å². The van der Waals surface area contributed by atoms with Gasteiger partial charge in [-0.2, -0.15) is 0 Å². The minimum absolute atomic E-state index is 0.660. The van der Waals surface area contributed by atoms with Crippen LogP contribution in [0, 0.1) is 12.8 Å². The maximum Gasteiger partial charge on any atom is 0.0172 e. The average molecular weight is 261 g/mol. The Morgan fingerprint density at radius 1 is 1.46 bits per heavy atom. The maximum absolute atomic E-state index is 3.71. The zero-order chi connectivity index (χ0) is 9.84. The first kappa shape index (κ1) is 11.3. The summed E-state index contributed by atoms with van der Waals surface area (Å²) >= 11 is 5.56. The topological polar surface area (TPSA) is 0 Å². The highest BCUT2D eigenvalue weighted by molar-refractivity contribution is 9.09. The van der Waals surface area contributed by atoms with Crippen LogP contribution >= 0.6 is 27.3 Å². The molecule has 1 rings (SSSR count). The number of hydrogen-bond donors (Lipinski definition) is 0. The molecule has 0 saturated carbocycles. The predicted octanol–water partition coefficient (Wildman–Crippen LogP) is 4.41. The molecule has 0 aliphatic heterocycles. The monoisotopic (exact) mass is 260 g/mol. The Morgan fingerprint density at radius 2 is 2.15 bits per heavy atom. The van der Waals surface area contributed by atoms with Gasteiger partial charge in [0.2, 0.25) is 0 Å². The largest absolute Gasteiger partial charge is 0.149 e. The molecule has 0 amide bonds. The third kappa shape index (κ3) is 3.82. The zero-order valence-electron chi connectivity index (χ0n) is 8.51. The SMILES string of the molecule is Cc1cc(CCC(Br)C(C)C)cs1. The van der Waals surface area contributed by atoms with Gasteiger partial charge in [-0.3, -0.25) is 0 Å². The lowest BCUT2D eigenvalue weighted by atomic mass is 10.0. The maximum atomic E-state index is 3.71. The van der Waals surface area contributed by atoms with Crippen molar-refractivity contribution in [3.8, 4) is 0 Å². The molecule has 13 heavy (non-hydrogen) atoms. The predicted molar refractivity (Wildman–Crippen MR) is 64.9 cm³/mol. The standard InChI is InChI=1S/C11H17BrS/c1-8(2)11(12)5-4-10-6-9(3)13-7-10/h6-8,11H,4-5H2,1-3H3. The van der Waals surface area contributed by atoms with Crippen LogP contribution in [0.3, 0.4) is 0 Å². The molecular formula is C11H17BrS. The summed E-state index contributed by atoms with van der Waals surface area (Å²) in [7, 11) is 0. The van der Waals surface area contributed by atoms with Crippen molar-refractivity contribution in [1.29, 1.82) is 0 Å². The van der Waals surface area contributed by atoms with Crippen molar-refractivity contribution < 1.29 is 0 Å². The third-order valence-electron chi connectivity index (χ3n) is 2.22. The summed E-state index contributed by atoms with van der Waals surface area (Å²) < 4.78 is 0. The van der Waals surface area contributed by atoms with Crippen LogP contribution in [0.4, 0.5) is 0 Å². The second-order valence-corrected chi connectivity index (χ2v) is 6.16. The lowest BCUT2D eigenvalue weighted by Gasteiger charge is -2.12. The van der Waals surface area contributed by atoms with E-state index in [0.717, 1.165) is 5.92 Å². The lowest BCUT2D eigenvalue weighted by molar-refractivity contribution is 0.582. The normalized spacial score (nSPS) is 13.6. The molecule has 0 fully saturated rings. The number of halogens is 1. The van der Waals surface area contributed by atoms with Crippen molar-refractivity contribution in [1.82, 2.24) is 0 Å². The summed E-state index contributed by atoms with van der Waals surface area (Å²) in [6.07, 6.45) is 2.45. The average Bonchev–Trinajstić information content (AvgIpc) is 2.47. The molecule has 0 N–H and O–H groups in total. The number of aryl methyl sites for hydroxylation is 2. The molecular weight excluding hydrogens is 244 g/mol. The van der Waals surface area contributed by atoms with Crippen molar-refractivity contribution in [3.63, 3.8) is 0 Å². The molecule has 0 aliphatic carbocycles. The minimum atomic E-state index is 0.660. The van der Waals surface area contributed by atoms with E-state index in [-0.39, 0.29) is 0 Å². The van der Waals surface area contributed by atoms with E-state index < -0.39 is 0 Å². The number of thiophene rings is 1. The van der Waals surface area contributed by atoms with Crippen LogP contribution in [0.5, 0.6) is 0 Å². The third-order valence-corrected chi connectivity index (χ3v) is 4.64. The smallest absolute Gasteiger partial charge is 0.0172 e. The Balaban J connectivity index is 2.35. The minimum Gasteiger partial charge on any atom is -0.149 e. The van der Waals surface area contributed by atoms with E-state index in [0.29, 0.717) is 4.83 Å². The highest BCUT2D eigenvalue weighted by atomic mass is 79.9. The van der Waals surface area contributed by atoms with Crippen LogP contribution in [0.15, 0.2) is 11.4 Å². The Morgan fingerprint density at radius 3 is 2.62 bits per heavy atom. The summed E-state index contributed by atoms with van der Waals surface area (Å²) in [5.41, 5.74) is 1.49.